The van der Waals surface area contributed by atoms with Crippen LogP contribution in [0.15, 0.2) is 59.8 Å². The molecule has 0 saturated heterocycles. The zero-order chi connectivity index (χ0) is 23.8. The number of hydrogen-bond acceptors (Lipinski definition) is 7. The third-order valence-corrected chi connectivity index (χ3v) is 6.19. The molecule has 2 N–H and O–H groups in total. The van der Waals surface area contributed by atoms with Crippen LogP contribution in [0, 0.1) is 0 Å². The lowest BCUT2D eigenvalue weighted by Gasteiger charge is -2.28. The molecule has 1 aliphatic carbocycles. The first kappa shape index (κ1) is 24.2. The third kappa shape index (κ3) is 6.79. The molecule has 0 aliphatic heterocycles. The zero-order valence-electron chi connectivity index (χ0n) is 19.2. The summed E-state index contributed by atoms with van der Waals surface area (Å²) in [4.78, 5) is 21.2. The Morgan fingerprint density at radius 1 is 1.06 bits per heavy atom. The van der Waals surface area contributed by atoms with Gasteiger partial charge in [0.15, 0.2) is 0 Å². The van der Waals surface area contributed by atoms with Crippen molar-refractivity contribution in [3.8, 4) is 11.4 Å². The number of anilines is 1. The first-order chi connectivity index (χ1) is 16.6. The van der Waals surface area contributed by atoms with Gasteiger partial charge in [-0.3, -0.25) is 14.3 Å². The van der Waals surface area contributed by atoms with Crippen LogP contribution in [0.5, 0.6) is 5.75 Å². The highest BCUT2D eigenvalue weighted by atomic mass is 35.5. The summed E-state index contributed by atoms with van der Waals surface area (Å²) in [6.45, 7) is 1.91. The quantitative estimate of drug-likeness (QED) is 0.423. The summed E-state index contributed by atoms with van der Waals surface area (Å²) >= 11 is 5.84. The van der Waals surface area contributed by atoms with Crippen LogP contribution in [0.3, 0.4) is 0 Å². The van der Waals surface area contributed by atoms with Crippen molar-refractivity contribution in [1.82, 2.24) is 19.9 Å². The van der Waals surface area contributed by atoms with E-state index in [0.717, 1.165) is 50.3 Å². The second kappa shape index (κ2) is 12.0. The van der Waals surface area contributed by atoms with Gasteiger partial charge in [-0.25, -0.2) is 4.98 Å². The minimum Gasteiger partial charge on any atom is -0.487 e. The van der Waals surface area contributed by atoms with Crippen molar-refractivity contribution >= 4 is 17.4 Å². The largest absolute Gasteiger partial charge is 0.487 e. The third-order valence-electron chi connectivity index (χ3n) is 5.96. The molecule has 34 heavy (non-hydrogen) atoms. The molecule has 0 amide bonds. The van der Waals surface area contributed by atoms with Gasteiger partial charge in [0, 0.05) is 44.7 Å². The highest BCUT2D eigenvalue weighted by Crippen LogP contribution is 2.20. The standard InChI is InChI=1S/C25H30ClN5O3/c1-33-22-7-4-19(5-8-22)27-11-12-28-24-9-6-21(16-30-24)31-13-10-23(14-25(31)32)34-17-20-3-2-18(26)15-29-20/h2-3,6,9-10,13-16,19,22,27H,4-5,7-8,11-12,17H2,1H3,(H,28,30). The van der Waals surface area contributed by atoms with E-state index in [0.29, 0.717) is 28.6 Å². The van der Waals surface area contributed by atoms with Gasteiger partial charge in [-0.1, -0.05) is 11.6 Å². The Bertz CT molecular complexity index is 1100. The van der Waals surface area contributed by atoms with E-state index in [1.165, 1.54) is 10.6 Å². The predicted octanol–water partition coefficient (Wildman–Crippen LogP) is 3.82. The fraction of sp³-hybridized carbons (Fsp3) is 0.400. The van der Waals surface area contributed by atoms with E-state index >= 15 is 0 Å². The van der Waals surface area contributed by atoms with Gasteiger partial charge >= 0.3 is 0 Å². The second-order valence-electron chi connectivity index (χ2n) is 8.32. The number of methoxy groups -OCH3 is 1. The molecule has 1 saturated carbocycles. The number of aromatic nitrogens is 3. The predicted molar refractivity (Wildman–Crippen MR) is 133 cm³/mol. The van der Waals surface area contributed by atoms with Crippen LogP contribution in [0.25, 0.3) is 5.69 Å². The van der Waals surface area contributed by atoms with E-state index in [9.17, 15) is 4.79 Å². The van der Waals surface area contributed by atoms with Crippen molar-refractivity contribution in [3.63, 3.8) is 0 Å². The molecule has 0 radical (unpaired) electrons. The molecule has 0 aromatic carbocycles. The molecular formula is C25H30ClN5O3. The van der Waals surface area contributed by atoms with E-state index in [4.69, 9.17) is 21.1 Å². The normalized spacial score (nSPS) is 17.9. The van der Waals surface area contributed by atoms with Crippen LogP contribution in [-0.2, 0) is 11.3 Å². The van der Waals surface area contributed by atoms with Gasteiger partial charge < -0.3 is 20.1 Å². The van der Waals surface area contributed by atoms with E-state index < -0.39 is 0 Å². The monoisotopic (exact) mass is 483 g/mol. The summed E-state index contributed by atoms with van der Waals surface area (Å²) in [7, 11) is 1.79. The van der Waals surface area contributed by atoms with Crippen molar-refractivity contribution in [3.05, 3.63) is 76.1 Å². The number of hydrogen-bond donors (Lipinski definition) is 2. The maximum atomic E-state index is 12.6. The van der Waals surface area contributed by atoms with Crippen LogP contribution >= 0.6 is 11.6 Å². The Kier molecular flexibility index (Phi) is 8.51. The number of rotatable bonds is 10. The van der Waals surface area contributed by atoms with E-state index in [1.807, 2.05) is 12.1 Å². The molecule has 180 valence electrons. The molecule has 0 spiro atoms. The Morgan fingerprint density at radius 2 is 1.91 bits per heavy atom. The summed E-state index contributed by atoms with van der Waals surface area (Å²) < 4.78 is 12.6. The highest BCUT2D eigenvalue weighted by Gasteiger charge is 2.19. The molecule has 4 rings (SSSR count). The molecule has 3 heterocycles. The maximum Gasteiger partial charge on any atom is 0.258 e. The summed E-state index contributed by atoms with van der Waals surface area (Å²) in [5.74, 6) is 1.25. The fourth-order valence-electron chi connectivity index (χ4n) is 4.02. The van der Waals surface area contributed by atoms with Gasteiger partial charge in [0.2, 0.25) is 0 Å². The van der Waals surface area contributed by atoms with Crippen LogP contribution in [-0.4, -0.2) is 46.9 Å². The van der Waals surface area contributed by atoms with Crippen molar-refractivity contribution in [1.29, 1.82) is 0 Å². The fourth-order valence-corrected chi connectivity index (χ4v) is 4.13. The van der Waals surface area contributed by atoms with Gasteiger partial charge in [-0.15, -0.1) is 0 Å². The summed E-state index contributed by atoms with van der Waals surface area (Å²) in [6.07, 6.45) is 9.90. The Hall–Kier alpha value is -2.94. The van der Waals surface area contributed by atoms with E-state index in [-0.39, 0.29) is 12.2 Å². The number of ether oxygens (including phenoxy) is 2. The van der Waals surface area contributed by atoms with Crippen molar-refractivity contribution < 1.29 is 9.47 Å². The summed E-state index contributed by atoms with van der Waals surface area (Å²) in [5, 5.41) is 7.49. The molecule has 3 aromatic heterocycles. The van der Waals surface area contributed by atoms with Gasteiger partial charge in [-0.05, 0) is 56.0 Å². The topological polar surface area (TPSA) is 90.3 Å². The van der Waals surface area contributed by atoms with Crippen molar-refractivity contribution in [2.45, 2.75) is 44.4 Å². The van der Waals surface area contributed by atoms with E-state index in [2.05, 4.69) is 20.6 Å². The molecule has 0 bridgehead atoms. The van der Waals surface area contributed by atoms with Gasteiger partial charge in [0.25, 0.3) is 5.56 Å². The van der Waals surface area contributed by atoms with Crippen LogP contribution in [0.1, 0.15) is 31.4 Å². The van der Waals surface area contributed by atoms with Gasteiger partial charge in [-0.2, -0.15) is 0 Å². The summed E-state index contributed by atoms with van der Waals surface area (Å²) in [5.41, 5.74) is 1.22. The lowest BCUT2D eigenvalue weighted by atomic mass is 9.93. The molecule has 0 atom stereocenters. The second-order valence-corrected chi connectivity index (χ2v) is 8.76. The number of nitrogens with zero attached hydrogens (tertiary/aromatic N) is 3. The SMILES string of the molecule is COC1CCC(NCCNc2ccc(-n3ccc(OCc4ccc(Cl)cn4)cc3=O)cn2)CC1. The van der Waals surface area contributed by atoms with E-state index in [1.54, 1.807) is 43.9 Å². The van der Waals surface area contributed by atoms with Crippen LogP contribution in [0.2, 0.25) is 5.02 Å². The number of pyridine rings is 3. The maximum absolute atomic E-state index is 12.6. The van der Waals surface area contributed by atoms with Gasteiger partial charge in [0.1, 0.15) is 18.2 Å². The molecule has 9 heteroatoms. The molecule has 1 aliphatic rings. The average Bonchev–Trinajstić information content (AvgIpc) is 2.87. The average molecular weight is 484 g/mol. The highest BCUT2D eigenvalue weighted by molar-refractivity contribution is 6.30. The lowest BCUT2D eigenvalue weighted by Crippen LogP contribution is -2.37. The Balaban J connectivity index is 1.24. The van der Waals surface area contributed by atoms with Crippen LogP contribution in [0.4, 0.5) is 5.82 Å². The first-order valence-electron chi connectivity index (χ1n) is 11.5. The zero-order valence-corrected chi connectivity index (χ0v) is 20.0. The van der Waals surface area contributed by atoms with Gasteiger partial charge in [0.05, 0.1) is 28.7 Å². The molecule has 3 aromatic rings. The molecule has 1 fully saturated rings. The van der Waals surface area contributed by atoms with Crippen molar-refractivity contribution in [2.75, 3.05) is 25.5 Å². The minimum atomic E-state index is -0.198. The molecule has 8 nitrogen and oxygen atoms in total. The molecular weight excluding hydrogens is 454 g/mol. The van der Waals surface area contributed by atoms with Crippen molar-refractivity contribution in [2.24, 2.45) is 0 Å². The lowest BCUT2D eigenvalue weighted by molar-refractivity contribution is 0.0627. The smallest absolute Gasteiger partial charge is 0.258 e. The number of halogens is 1. The number of nitrogens with one attached hydrogen (secondary N) is 2. The molecule has 0 unspecified atom stereocenters. The Labute approximate surface area is 204 Å². The minimum absolute atomic E-state index is 0.198. The first-order valence-corrected chi connectivity index (χ1v) is 11.9. The van der Waals surface area contributed by atoms with Crippen LogP contribution < -0.4 is 20.9 Å². The Morgan fingerprint density at radius 3 is 2.59 bits per heavy atom. The summed E-state index contributed by atoms with van der Waals surface area (Å²) in [6, 6.07) is 11.0.